The lowest BCUT2D eigenvalue weighted by atomic mass is 9.76. The first-order chi connectivity index (χ1) is 11.5. The molecule has 1 aliphatic heterocycles. The van der Waals surface area contributed by atoms with Crippen molar-refractivity contribution in [2.75, 3.05) is 5.32 Å². The average Bonchev–Trinajstić information content (AvgIpc) is 3.04. The first kappa shape index (κ1) is 15.6. The number of benzene rings is 2. The predicted octanol–water partition coefficient (Wildman–Crippen LogP) is 6.19. The van der Waals surface area contributed by atoms with Crippen molar-refractivity contribution in [3.8, 4) is 0 Å². The van der Waals surface area contributed by atoms with Crippen molar-refractivity contribution in [2.45, 2.75) is 24.6 Å². The van der Waals surface area contributed by atoms with Gasteiger partial charge in [0.2, 0.25) is 0 Å². The van der Waals surface area contributed by atoms with Crippen LogP contribution in [0.3, 0.4) is 0 Å². The summed E-state index contributed by atoms with van der Waals surface area (Å²) in [6, 6.07) is 11.0. The van der Waals surface area contributed by atoms with Crippen LogP contribution >= 0.6 is 11.6 Å². The fourth-order valence-corrected chi connectivity index (χ4v) is 4.15. The van der Waals surface area contributed by atoms with E-state index in [4.69, 9.17) is 11.6 Å². The molecule has 2 aliphatic rings. The van der Waals surface area contributed by atoms with Gasteiger partial charge in [0.15, 0.2) is 0 Å². The minimum Gasteiger partial charge on any atom is -0.376 e. The van der Waals surface area contributed by atoms with Crippen LogP contribution in [-0.2, 0) is 6.18 Å². The summed E-state index contributed by atoms with van der Waals surface area (Å²) in [5.41, 5.74) is 1.51. The number of fused-ring (bicyclic) bond motifs is 3. The Morgan fingerprint density at radius 1 is 1.00 bits per heavy atom. The van der Waals surface area contributed by atoms with Crippen molar-refractivity contribution >= 4 is 17.3 Å². The molecule has 0 unspecified atom stereocenters. The van der Waals surface area contributed by atoms with E-state index in [9.17, 15) is 13.2 Å². The van der Waals surface area contributed by atoms with Crippen LogP contribution in [0.15, 0.2) is 54.6 Å². The van der Waals surface area contributed by atoms with Crippen LogP contribution < -0.4 is 5.32 Å². The third-order valence-corrected chi connectivity index (χ3v) is 5.26. The topological polar surface area (TPSA) is 12.0 Å². The highest BCUT2D eigenvalue weighted by Gasteiger charge is 2.42. The smallest absolute Gasteiger partial charge is 0.376 e. The highest BCUT2D eigenvalue weighted by atomic mass is 35.5. The first-order valence-corrected chi connectivity index (χ1v) is 8.22. The minimum atomic E-state index is -4.37. The molecule has 5 heteroatoms. The SMILES string of the molecule is FC(F)(F)c1ccccc1[C@@H]1Nc2c(Cl)cccc2[C@H]2C=CC[C@@H]21. The van der Waals surface area contributed by atoms with Gasteiger partial charge in [-0.1, -0.05) is 54.1 Å². The molecular weight excluding hydrogens is 335 g/mol. The molecule has 1 heterocycles. The lowest BCUT2D eigenvalue weighted by Crippen LogP contribution is -2.30. The summed E-state index contributed by atoms with van der Waals surface area (Å²) in [4.78, 5) is 0. The van der Waals surface area contributed by atoms with Gasteiger partial charge in [-0.2, -0.15) is 13.2 Å². The van der Waals surface area contributed by atoms with Gasteiger partial charge in [-0.3, -0.25) is 0 Å². The standard InChI is InChI=1S/C19H15ClF3N/c20-16-10-4-8-13-11-6-3-7-12(11)17(24-18(13)16)14-5-1-2-9-15(14)19(21,22)23/h1-6,8-12,17,24H,7H2/t11-,12-,17+/m0/s1. The number of alkyl halides is 3. The van der Waals surface area contributed by atoms with Gasteiger partial charge in [-0.05, 0) is 35.6 Å². The molecule has 2 aromatic rings. The van der Waals surface area contributed by atoms with Gasteiger partial charge < -0.3 is 5.32 Å². The van der Waals surface area contributed by atoms with Gasteiger partial charge in [0.05, 0.1) is 22.3 Å². The number of allylic oxidation sites excluding steroid dienone is 2. The molecule has 0 aromatic heterocycles. The summed E-state index contributed by atoms with van der Waals surface area (Å²) in [7, 11) is 0. The molecule has 0 bridgehead atoms. The summed E-state index contributed by atoms with van der Waals surface area (Å²) in [6.07, 6.45) is 0.515. The lowest BCUT2D eigenvalue weighted by molar-refractivity contribution is -0.138. The summed E-state index contributed by atoms with van der Waals surface area (Å²) in [5.74, 6) is 0.144. The highest BCUT2D eigenvalue weighted by molar-refractivity contribution is 6.33. The van der Waals surface area contributed by atoms with Crippen molar-refractivity contribution in [1.82, 2.24) is 0 Å². The largest absolute Gasteiger partial charge is 0.416 e. The Labute approximate surface area is 143 Å². The average molecular weight is 350 g/mol. The molecule has 1 N–H and O–H groups in total. The third kappa shape index (κ3) is 2.40. The van der Waals surface area contributed by atoms with Gasteiger partial charge in [-0.15, -0.1) is 0 Å². The number of halogens is 4. The van der Waals surface area contributed by atoms with E-state index < -0.39 is 17.8 Å². The molecule has 0 spiro atoms. The molecule has 0 saturated carbocycles. The molecular formula is C19H15ClF3N. The van der Waals surface area contributed by atoms with Crippen molar-refractivity contribution < 1.29 is 13.2 Å². The lowest BCUT2D eigenvalue weighted by Gasteiger charge is -2.38. The van der Waals surface area contributed by atoms with E-state index in [0.29, 0.717) is 5.02 Å². The summed E-state index contributed by atoms with van der Waals surface area (Å²) >= 11 is 6.31. The van der Waals surface area contributed by atoms with E-state index >= 15 is 0 Å². The normalized spacial score (nSPS) is 25.1. The van der Waals surface area contributed by atoms with Crippen LogP contribution in [-0.4, -0.2) is 0 Å². The van der Waals surface area contributed by atoms with E-state index in [1.165, 1.54) is 6.07 Å². The van der Waals surface area contributed by atoms with E-state index in [1.54, 1.807) is 18.2 Å². The Morgan fingerprint density at radius 2 is 1.75 bits per heavy atom. The van der Waals surface area contributed by atoms with E-state index in [0.717, 1.165) is 23.7 Å². The summed E-state index contributed by atoms with van der Waals surface area (Å²) in [6.45, 7) is 0. The number of para-hydroxylation sites is 1. The Morgan fingerprint density at radius 3 is 2.54 bits per heavy atom. The molecule has 0 fully saturated rings. The number of hydrogen-bond donors (Lipinski definition) is 1. The van der Waals surface area contributed by atoms with E-state index in [2.05, 4.69) is 17.5 Å². The van der Waals surface area contributed by atoms with Gasteiger partial charge >= 0.3 is 6.18 Å². The maximum atomic E-state index is 13.5. The van der Waals surface area contributed by atoms with Crippen LogP contribution in [0.25, 0.3) is 0 Å². The fraction of sp³-hybridized carbons (Fsp3) is 0.263. The van der Waals surface area contributed by atoms with E-state index in [1.807, 2.05) is 12.1 Å². The molecule has 3 atom stereocenters. The Bertz CT molecular complexity index is 812. The zero-order chi connectivity index (χ0) is 16.9. The quantitative estimate of drug-likeness (QED) is 0.606. The first-order valence-electron chi connectivity index (χ1n) is 7.84. The van der Waals surface area contributed by atoms with Gasteiger partial charge in [0.25, 0.3) is 0 Å². The Balaban J connectivity index is 1.85. The summed E-state index contributed by atoms with van der Waals surface area (Å²) in [5, 5.41) is 3.84. The molecule has 4 rings (SSSR count). The van der Waals surface area contributed by atoms with Crippen LogP contribution in [0, 0.1) is 5.92 Å². The molecule has 2 aromatic carbocycles. The van der Waals surface area contributed by atoms with Crippen LogP contribution in [0.4, 0.5) is 18.9 Å². The predicted molar refractivity (Wildman–Crippen MR) is 89.2 cm³/mol. The highest BCUT2D eigenvalue weighted by Crippen LogP contribution is 2.52. The molecule has 0 radical (unpaired) electrons. The number of rotatable bonds is 1. The second kappa shape index (κ2) is 5.55. The molecule has 1 nitrogen and oxygen atoms in total. The molecule has 1 aliphatic carbocycles. The Kier molecular flexibility index (Phi) is 3.61. The molecule has 24 heavy (non-hydrogen) atoms. The van der Waals surface area contributed by atoms with Crippen molar-refractivity contribution in [3.63, 3.8) is 0 Å². The third-order valence-electron chi connectivity index (χ3n) is 4.95. The number of hydrogen-bond acceptors (Lipinski definition) is 1. The van der Waals surface area contributed by atoms with E-state index in [-0.39, 0.29) is 17.4 Å². The van der Waals surface area contributed by atoms with Crippen molar-refractivity contribution in [1.29, 1.82) is 0 Å². The van der Waals surface area contributed by atoms with Crippen LogP contribution in [0.2, 0.25) is 5.02 Å². The second-order valence-corrected chi connectivity index (χ2v) is 6.67. The zero-order valence-electron chi connectivity index (χ0n) is 12.6. The van der Waals surface area contributed by atoms with Crippen molar-refractivity contribution in [2.24, 2.45) is 5.92 Å². The Hall–Kier alpha value is -1.94. The number of anilines is 1. The maximum absolute atomic E-state index is 13.5. The molecule has 0 amide bonds. The monoisotopic (exact) mass is 349 g/mol. The fourth-order valence-electron chi connectivity index (χ4n) is 3.92. The second-order valence-electron chi connectivity index (χ2n) is 6.26. The minimum absolute atomic E-state index is 0.0551. The van der Waals surface area contributed by atoms with Crippen LogP contribution in [0.1, 0.15) is 35.1 Å². The summed E-state index contributed by atoms with van der Waals surface area (Å²) < 4.78 is 40.4. The number of nitrogens with one attached hydrogen (secondary N) is 1. The van der Waals surface area contributed by atoms with Gasteiger partial charge in [0, 0.05) is 5.92 Å². The molecule has 124 valence electrons. The zero-order valence-corrected chi connectivity index (χ0v) is 13.4. The molecule has 0 saturated heterocycles. The van der Waals surface area contributed by atoms with Crippen LogP contribution in [0.5, 0.6) is 0 Å². The van der Waals surface area contributed by atoms with Gasteiger partial charge in [0.1, 0.15) is 0 Å². The maximum Gasteiger partial charge on any atom is 0.416 e. The van der Waals surface area contributed by atoms with Crippen molar-refractivity contribution in [3.05, 3.63) is 76.3 Å². The van der Waals surface area contributed by atoms with Gasteiger partial charge in [-0.25, -0.2) is 0 Å².